The Morgan fingerprint density at radius 2 is 1.07 bits per heavy atom. The minimum Gasteiger partial charge on any atom is -0.376 e. The summed E-state index contributed by atoms with van der Waals surface area (Å²) in [6, 6.07) is 75.7. The summed E-state index contributed by atoms with van der Waals surface area (Å²) in [6.07, 6.45) is 12.6. The van der Waals surface area contributed by atoms with E-state index in [-0.39, 0.29) is 17.7 Å². The molecule has 0 bridgehead atoms. The lowest BCUT2D eigenvalue weighted by molar-refractivity contribution is 0.332. The van der Waals surface area contributed by atoms with E-state index in [1.807, 2.05) is 11.3 Å². The maximum Gasteiger partial charge on any atom is 0.343 e. The topological polar surface area (TPSA) is 9.72 Å². The van der Waals surface area contributed by atoms with Gasteiger partial charge in [0.05, 0.1) is 11.4 Å². The maximum absolute atomic E-state index is 2.77. The minimum absolute atomic E-state index is 0.0246. The van der Waals surface area contributed by atoms with Crippen LogP contribution in [-0.2, 0) is 30.1 Å². The number of rotatable bonds is 16. The van der Waals surface area contributed by atoms with Crippen LogP contribution in [0.4, 0.5) is 45.5 Å². The Morgan fingerprint density at radius 3 is 1.76 bits per heavy atom. The van der Waals surface area contributed by atoms with Crippen LogP contribution >= 0.6 is 11.3 Å². The van der Waals surface area contributed by atoms with E-state index in [1.54, 1.807) is 0 Å². The predicted octanol–water partition coefficient (Wildman–Crippen LogP) is 21.1. The van der Waals surface area contributed by atoms with Gasteiger partial charge in [0.15, 0.2) is 0 Å². The third-order valence-electron chi connectivity index (χ3n) is 18.6. The molecule has 3 aliphatic rings. The van der Waals surface area contributed by atoms with E-state index in [0.29, 0.717) is 0 Å². The zero-order valence-corrected chi connectivity index (χ0v) is 50.4. The third kappa shape index (κ3) is 9.57. The molecule has 0 atom stereocenters. The Kier molecular flexibility index (Phi) is 14.4. The molecule has 10 aromatic rings. The number of benzene rings is 9. The number of anilines is 8. The standard InChI is InChI=1S/C77H78BN3S/c1-9-12-23-53-31-36-58(37-32-53)79(59-38-33-54(34-39-59)24-13-10-2)60-41-44-70-65(50-60)66-48-57(62-28-19-18-22-52(62)4)49-71-73(66)78(81(70)61-40-42-67-68(51-61)77(7,8)46-45-76(67,5)6)75-74(63-29-20-21-30-72(63)82-75)80(71)69-43-35-55(25-14-11-3)47-64(69)56-26-16-15-17-27-56/h15-22,26-44,47-51H,9-14,23-25,45-46H2,1-8H3. The average Bonchev–Trinajstić information content (AvgIpc) is 1.36. The quantitative estimate of drug-likeness (QED) is 0.0893. The van der Waals surface area contributed by atoms with E-state index < -0.39 is 0 Å². The van der Waals surface area contributed by atoms with Crippen LogP contribution in [0.5, 0.6) is 0 Å². The Balaban J connectivity index is 1.13. The molecule has 0 N–H and O–H groups in total. The Morgan fingerprint density at radius 1 is 0.476 bits per heavy atom. The number of hydrogen-bond donors (Lipinski definition) is 0. The summed E-state index contributed by atoms with van der Waals surface area (Å²) in [5, 5.41) is 1.29. The highest BCUT2D eigenvalue weighted by atomic mass is 32.1. The molecule has 3 heterocycles. The average molecular weight is 1090 g/mol. The Labute approximate surface area is 493 Å². The second kappa shape index (κ2) is 22.0. The van der Waals surface area contributed by atoms with Crippen molar-refractivity contribution >= 4 is 84.0 Å². The van der Waals surface area contributed by atoms with E-state index in [2.05, 4.69) is 264 Å². The van der Waals surface area contributed by atoms with E-state index in [9.17, 15) is 0 Å². The molecule has 1 aliphatic carbocycles. The van der Waals surface area contributed by atoms with Crippen LogP contribution in [0.2, 0.25) is 0 Å². The number of fused-ring (bicyclic) bond motifs is 7. The smallest absolute Gasteiger partial charge is 0.343 e. The minimum atomic E-state index is -0.123. The Hall–Kier alpha value is -7.60. The van der Waals surface area contributed by atoms with Crippen molar-refractivity contribution in [1.29, 1.82) is 0 Å². The first-order valence-electron chi connectivity index (χ1n) is 30.7. The molecule has 9 aromatic carbocycles. The van der Waals surface area contributed by atoms with Crippen LogP contribution in [0, 0.1) is 6.92 Å². The molecule has 2 aliphatic heterocycles. The highest BCUT2D eigenvalue weighted by Gasteiger charge is 2.48. The molecule has 5 heteroatoms. The molecule has 13 rings (SSSR count). The second-order valence-corrected chi connectivity index (χ2v) is 26.2. The van der Waals surface area contributed by atoms with Crippen LogP contribution in [0.1, 0.15) is 133 Å². The van der Waals surface area contributed by atoms with Gasteiger partial charge >= 0.3 is 6.85 Å². The van der Waals surface area contributed by atoms with Crippen LogP contribution < -0.4 is 24.9 Å². The van der Waals surface area contributed by atoms with Gasteiger partial charge in [-0.05, 0) is 215 Å². The van der Waals surface area contributed by atoms with Gasteiger partial charge in [-0.1, -0.05) is 177 Å². The van der Waals surface area contributed by atoms with E-state index in [0.717, 1.165) is 44.2 Å². The van der Waals surface area contributed by atoms with Crippen molar-refractivity contribution in [2.75, 3.05) is 14.6 Å². The summed E-state index contributed by atoms with van der Waals surface area (Å²) in [7, 11) is 0. The maximum atomic E-state index is 2.77. The van der Waals surface area contributed by atoms with Gasteiger partial charge in [-0.3, -0.25) is 0 Å². The monoisotopic (exact) mass is 1090 g/mol. The predicted molar refractivity (Wildman–Crippen MR) is 357 cm³/mol. The van der Waals surface area contributed by atoms with Crippen molar-refractivity contribution in [3.63, 3.8) is 0 Å². The van der Waals surface area contributed by atoms with Gasteiger partial charge in [-0.15, -0.1) is 11.3 Å². The SMILES string of the molecule is CCCCc1ccc(N(c2ccc(CCCC)cc2)c2ccc3c(c2)-c2cc(-c4ccccc4C)cc4c2B(c2sc5ccccc5c2N4c2ccc(CCCC)cc2-c2ccccc2)N3c2ccc3c(c2)C(C)(C)CCC3(C)C)cc1. The van der Waals surface area contributed by atoms with Crippen molar-refractivity contribution in [1.82, 2.24) is 0 Å². The summed E-state index contributed by atoms with van der Waals surface area (Å²) in [6.45, 7) is 18.9. The second-order valence-electron chi connectivity index (χ2n) is 25.1. The molecular weight excluding hydrogens is 1010 g/mol. The van der Waals surface area contributed by atoms with Gasteiger partial charge in [0, 0.05) is 60.1 Å². The molecule has 0 unspecified atom stereocenters. The van der Waals surface area contributed by atoms with Gasteiger partial charge in [0.2, 0.25) is 0 Å². The summed E-state index contributed by atoms with van der Waals surface area (Å²) in [5.41, 5.74) is 27.0. The van der Waals surface area contributed by atoms with Crippen molar-refractivity contribution < 1.29 is 0 Å². The molecule has 0 saturated heterocycles. The summed E-state index contributed by atoms with van der Waals surface area (Å²) in [5.74, 6) is 0. The number of nitrogens with zero attached hydrogens (tertiary/aromatic N) is 3. The van der Waals surface area contributed by atoms with Gasteiger partial charge in [-0.25, -0.2) is 0 Å². The summed E-state index contributed by atoms with van der Waals surface area (Å²) >= 11 is 1.98. The van der Waals surface area contributed by atoms with Gasteiger partial charge in [-0.2, -0.15) is 0 Å². The van der Waals surface area contributed by atoms with Crippen LogP contribution in [0.25, 0.3) is 43.5 Å². The molecule has 1 aromatic heterocycles. The molecule has 0 spiro atoms. The molecular formula is C77H78BN3S. The lowest BCUT2D eigenvalue weighted by Gasteiger charge is -2.46. The van der Waals surface area contributed by atoms with Crippen LogP contribution in [-0.4, -0.2) is 6.85 Å². The van der Waals surface area contributed by atoms with Crippen LogP contribution in [0.15, 0.2) is 194 Å². The summed E-state index contributed by atoms with van der Waals surface area (Å²) < 4.78 is 2.67. The molecule has 82 heavy (non-hydrogen) atoms. The fourth-order valence-electron chi connectivity index (χ4n) is 13.8. The van der Waals surface area contributed by atoms with Crippen molar-refractivity contribution in [2.45, 2.75) is 137 Å². The molecule has 0 fully saturated rings. The van der Waals surface area contributed by atoms with Crippen molar-refractivity contribution in [2.24, 2.45) is 0 Å². The molecule has 410 valence electrons. The van der Waals surface area contributed by atoms with Gasteiger partial charge in [0.1, 0.15) is 0 Å². The number of thiophene rings is 1. The first-order valence-corrected chi connectivity index (χ1v) is 31.6. The number of hydrogen-bond acceptors (Lipinski definition) is 4. The lowest BCUT2D eigenvalue weighted by atomic mass is 9.46. The molecule has 0 amide bonds. The van der Waals surface area contributed by atoms with Crippen molar-refractivity contribution in [3.05, 3.63) is 228 Å². The van der Waals surface area contributed by atoms with Gasteiger partial charge in [0.25, 0.3) is 0 Å². The van der Waals surface area contributed by atoms with Gasteiger partial charge < -0.3 is 14.6 Å². The highest BCUT2D eigenvalue weighted by molar-refractivity contribution is 7.32. The van der Waals surface area contributed by atoms with Crippen LogP contribution in [0.3, 0.4) is 0 Å². The van der Waals surface area contributed by atoms with E-state index in [4.69, 9.17) is 0 Å². The number of unbranched alkanes of at least 4 members (excludes halogenated alkanes) is 3. The first-order chi connectivity index (χ1) is 39.9. The largest absolute Gasteiger partial charge is 0.376 e. The fourth-order valence-corrected chi connectivity index (χ4v) is 15.1. The number of aryl methyl sites for hydroxylation is 4. The normalized spacial score (nSPS) is 14.6. The Bertz CT molecular complexity index is 3930. The first kappa shape index (κ1) is 53.7. The third-order valence-corrected chi connectivity index (χ3v) is 19.8. The summed E-state index contributed by atoms with van der Waals surface area (Å²) in [4.78, 5) is 7.98. The van der Waals surface area contributed by atoms with E-state index >= 15 is 0 Å². The van der Waals surface area contributed by atoms with E-state index in [1.165, 1.54) is 159 Å². The fraction of sp³-hybridized carbons (Fsp3) is 0.273. The zero-order valence-electron chi connectivity index (χ0n) is 49.6. The highest BCUT2D eigenvalue weighted by Crippen LogP contribution is 2.55. The molecule has 3 nitrogen and oxygen atoms in total. The zero-order chi connectivity index (χ0) is 56.3. The molecule has 0 saturated carbocycles. The van der Waals surface area contributed by atoms with Crippen molar-refractivity contribution in [3.8, 4) is 33.4 Å². The lowest BCUT2D eigenvalue weighted by Crippen LogP contribution is -2.60. The molecule has 0 radical (unpaired) electrons.